The number of nitrogens with zero attached hydrogens (tertiary/aromatic N) is 2. The predicted molar refractivity (Wildman–Crippen MR) is 104 cm³/mol. The number of rotatable bonds is 4. The quantitative estimate of drug-likeness (QED) is 0.674. The number of carboxylic acids is 1. The molecule has 0 radical (unpaired) electrons. The first kappa shape index (κ1) is 18.0. The molecule has 0 spiro atoms. The van der Waals surface area contributed by atoms with Crippen molar-refractivity contribution in [3.8, 4) is 5.75 Å². The number of halogens is 2. The molecular formula is C18H12Cl2N2O4S. The van der Waals surface area contributed by atoms with Crippen LogP contribution >= 0.6 is 34.5 Å². The van der Waals surface area contributed by atoms with Gasteiger partial charge in [-0.2, -0.15) is 0 Å². The molecule has 1 amide bonds. The largest absolute Gasteiger partial charge is 0.481 e. The Morgan fingerprint density at radius 2 is 2.00 bits per heavy atom. The number of amides is 1. The molecule has 2 aromatic carbocycles. The van der Waals surface area contributed by atoms with Gasteiger partial charge in [0.1, 0.15) is 10.8 Å². The van der Waals surface area contributed by atoms with Crippen LogP contribution in [0.2, 0.25) is 10.0 Å². The average molecular weight is 423 g/mol. The highest BCUT2D eigenvalue weighted by atomic mass is 35.5. The molecule has 9 heteroatoms. The fraction of sp³-hybridized carbons (Fsp3) is 0.167. The number of fused-ring (bicyclic) bond motifs is 2. The lowest BCUT2D eigenvalue weighted by Crippen LogP contribution is -2.46. The van der Waals surface area contributed by atoms with Gasteiger partial charge in [-0.25, -0.2) is 4.98 Å². The van der Waals surface area contributed by atoms with Crippen LogP contribution in [-0.4, -0.2) is 28.1 Å². The summed E-state index contributed by atoms with van der Waals surface area (Å²) in [5.74, 6) is -1.04. The molecule has 1 aliphatic heterocycles. The molecule has 0 aliphatic carbocycles. The molecule has 6 nitrogen and oxygen atoms in total. The van der Waals surface area contributed by atoms with E-state index in [0.29, 0.717) is 32.0 Å². The van der Waals surface area contributed by atoms with Gasteiger partial charge in [-0.3, -0.25) is 14.5 Å². The van der Waals surface area contributed by atoms with Crippen LogP contribution in [0, 0.1) is 0 Å². The molecule has 0 fully saturated rings. The number of para-hydroxylation sites is 2. The fourth-order valence-electron chi connectivity index (χ4n) is 2.90. The smallest absolute Gasteiger partial charge is 0.307 e. The summed E-state index contributed by atoms with van der Waals surface area (Å²) in [6, 6.07) is 10.4. The first-order valence-electron chi connectivity index (χ1n) is 7.95. The van der Waals surface area contributed by atoms with Crippen molar-refractivity contribution in [1.29, 1.82) is 0 Å². The van der Waals surface area contributed by atoms with Gasteiger partial charge < -0.3 is 9.84 Å². The number of ether oxygens (including phenoxy) is 1. The Kier molecular flexibility index (Phi) is 4.67. The van der Waals surface area contributed by atoms with Gasteiger partial charge in [0.05, 0.1) is 38.9 Å². The molecule has 4 rings (SSSR count). The summed E-state index contributed by atoms with van der Waals surface area (Å²) in [5.41, 5.74) is 1.28. The number of carbonyl (C=O) groups excluding carboxylic acids is 1. The Labute approximate surface area is 167 Å². The standard InChI is InChI=1S/C18H12Cl2N2O4S/c19-9-5-11-15(6-10(9)20)27-16(21-11)8-22-12-3-1-2-4-13(12)26-14(18(22)25)7-17(23)24/h1-6,14H,7-8H2,(H,23,24). The van der Waals surface area contributed by atoms with Gasteiger partial charge in [0.15, 0.2) is 6.10 Å². The summed E-state index contributed by atoms with van der Waals surface area (Å²) in [5, 5.41) is 10.6. The molecule has 0 bridgehead atoms. The first-order chi connectivity index (χ1) is 12.9. The number of carboxylic acid groups (broad SMARTS) is 1. The molecule has 1 N–H and O–H groups in total. The van der Waals surface area contributed by atoms with Crippen molar-refractivity contribution < 1.29 is 19.4 Å². The van der Waals surface area contributed by atoms with E-state index in [1.165, 1.54) is 16.2 Å². The summed E-state index contributed by atoms with van der Waals surface area (Å²) < 4.78 is 6.45. The van der Waals surface area contributed by atoms with Crippen molar-refractivity contribution >= 4 is 62.3 Å². The number of aliphatic carboxylic acids is 1. The highest BCUT2D eigenvalue weighted by Crippen LogP contribution is 2.37. The summed E-state index contributed by atoms with van der Waals surface area (Å²) in [6.07, 6.45) is -1.48. The van der Waals surface area contributed by atoms with Gasteiger partial charge in [-0.15, -0.1) is 11.3 Å². The Hall–Kier alpha value is -2.35. The number of thiazole rings is 1. The molecule has 1 unspecified atom stereocenters. The van der Waals surface area contributed by atoms with E-state index in [9.17, 15) is 9.59 Å². The van der Waals surface area contributed by atoms with E-state index in [0.717, 1.165) is 4.70 Å². The Bertz CT molecular complexity index is 1030. The van der Waals surface area contributed by atoms with Crippen molar-refractivity contribution in [2.75, 3.05) is 4.90 Å². The lowest BCUT2D eigenvalue weighted by Gasteiger charge is -2.33. The van der Waals surface area contributed by atoms with Gasteiger partial charge in [0, 0.05) is 0 Å². The topological polar surface area (TPSA) is 79.7 Å². The second-order valence-electron chi connectivity index (χ2n) is 5.94. The zero-order valence-electron chi connectivity index (χ0n) is 13.7. The minimum atomic E-state index is -1.10. The Morgan fingerprint density at radius 1 is 1.26 bits per heavy atom. The number of aromatic nitrogens is 1. The van der Waals surface area contributed by atoms with Crippen LogP contribution in [-0.2, 0) is 16.1 Å². The maximum absolute atomic E-state index is 12.8. The van der Waals surface area contributed by atoms with E-state index < -0.39 is 24.4 Å². The van der Waals surface area contributed by atoms with E-state index in [4.69, 9.17) is 33.0 Å². The molecular weight excluding hydrogens is 411 g/mol. The molecule has 2 heterocycles. The SMILES string of the molecule is O=C(O)CC1Oc2ccccc2N(Cc2nc3cc(Cl)c(Cl)cc3s2)C1=O. The lowest BCUT2D eigenvalue weighted by molar-refractivity contribution is -0.142. The minimum Gasteiger partial charge on any atom is -0.481 e. The zero-order valence-corrected chi connectivity index (χ0v) is 16.0. The average Bonchev–Trinajstić information content (AvgIpc) is 2.99. The number of hydrogen-bond donors (Lipinski definition) is 1. The van der Waals surface area contributed by atoms with Crippen LogP contribution in [0.3, 0.4) is 0 Å². The molecule has 1 aromatic heterocycles. The summed E-state index contributed by atoms with van der Waals surface area (Å²) in [4.78, 5) is 29.9. The first-order valence-corrected chi connectivity index (χ1v) is 9.53. The third-order valence-electron chi connectivity index (χ3n) is 4.09. The van der Waals surface area contributed by atoms with Crippen LogP contribution in [0.4, 0.5) is 5.69 Å². The lowest BCUT2D eigenvalue weighted by atomic mass is 10.1. The van der Waals surface area contributed by atoms with Crippen LogP contribution < -0.4 is 9.64 Å². The van der Waals surface area contributed by atoms with E-state index in [-0.39, 0.29) is 6.54 Å². The molecule has 138 valence electrons. The van der Waals surface area contributed by atoms with Crippen LogP contribution in [0.5, 0.6) is 5.75 Å². The zero-order chi connectivity index (χ0) is 19.1. The summed E-state index contributed by atoms with van der Waals surface area (Å²) in [7, 11) is 0. The second kappa shape index (κ2) is 6.99. The highest BCUT2D eigenvalue weighted by molar-refractivity contribution is 7.18. The van der Waals surface area contributed by atoms with Crippen molar-refractivity contribution in [2.24, 2.45) is 0 Å². The third-order valence-corrected chi connectivity index (χ3v) is 5.82. The van der Waals surface area contributed by atoms with Crippen LogP contribution in [0.15, 0.2) is 36.4 Å². The Balaban J connectivity index is 1.71. The highest BCUT2D eigenvalue weighted by Gasteiger charge is 2.36. The number of anilines is 1. The normalized spacial score (nSPS) is 16.3. The van der Waals surface area contributed by atoms with Crippen LogP contribution in [0.1, 0.15) is 11.4 Å². The maximum Gasteiger partial charge on any atom is 0.307 e. The number of hydrogen-bond acceptors (Lipinski definition) is 5. The van der Waals surface area contributed by atoms with Crippen molar-refractivity contribution in [3.63, 3.8) is 0 Å². The van der Waals surface area contributed by atoms with Gasteiger partial charge in [0.2, 0.25) is 0 Å². The molecule has 1 aliphatic rings. The van der Waals surface area contributed by atoms with Gasteiger partial charge in [0.25, 0.3) is 5.91 Å². The molecule has 3 aromatic rings. The third kappa shape index (κ3) is 3.45. The van der Waals surface area contributed by atoms with E-state index in [2.05, 4.69) is 4.98 Å². The van der Waals surface area contributed by atoms with Crippen molar-refractivity contribution in [3.05, 3.63) is 51.5 Å². The summed E-state index contributed by atoms with van der Waals surface area (Å²) in [6.45, 7) is 0.198. The minimum absolute atomic E-state index is 0.198. The van der Waals surface area contributed by atoms with Crippen LogP contribution in [0.25, 0.3) is 10.2 Å². The maximum atomic E-state index is 12.8. The summed E-state index contributed by atoms with van der Waals surface area (Å²) >= 11 is 13.5. The molecule has 0 saturated heterocycles. The van der Waals surface area contributed by atoms with Gasteiger partial charge >= 0.3 is 5.97 Å². The van der Waals surface area contributed by atoms with E-state index in [1.54, 1.807) is 36.4 Å². The fourth-order valence-corrected chi connectivity index (χ4v) is 4.26. The van der Waals surface area contributed by atoms with Gasteiger partial charge in [-0.1, -0.05) is 35.3 Å². The Morgan fingerprint density at radius 3 is 2.78 bits per heavy atom. The molecule has 27 heavy (non-hydrogen) atoms. The number of benzene rings is 2. The molecule has 0 saturated carbocycles. The van der Waals surface area contributed by atoms with Crippen molar-refractivity contribution in [1.82, 2.24) is 4.98 Å². The van der Waals surface area contributed by atoms with Gasteiger partial charge in [-0.05, 0) is 24.3 Å². The molecule has 1 atom stereocenters. The second-order valence-corrected chi connectivity index (χ2v) is 7.87. The predicted octanol–water partition coefficient (Wildman–Crippen LogP) is 4.37. The van der Waals surface area contributed by atoms with E-state index >= 15 is 0 Å². The monoisotopic (exact) mass is 422 g/mol. The van der Waals surface area contributed by atoms with Crippen molar-refractivity contribution in [2.45, 2.75) is 19.1 Å². The van der Waals surface area contributed by atoms with E-state index in [1.807, 2.05) is 0 Å². The number of carbonyl (C=O) groups is 2.